The highest BCUT2D eigenvalue weighted by atomic mass is 35.5. The second-order valence-corrected chi connectivity index (χ2v) is 6.13. The van der Waals surface area contributed by atoms with Crippen LogP contribution in [0.25, 0.3) is 11.3 Å². The molecule has 0 bridgehead atoms. The minimum Gasteiger partial charge on any atom is -0.491 e. The zero-order valence-corrected chi connectivity index (χ0v) is 15.2. The zero-order valence-electron chi connectivity index (χ0n) is 14.5. The molecule has 0 unspecified atom stereocenters. The van der Waals surface area contributed by atoms with Crippen molar-refractivity contribution in [1.29, 1.82) is 0 Å². The number of esters is 1. The molecule has 2 aromatic rings. The number of aromatic nitrogens is 2. The number of carbonyl (C=O) groups is 1. The van der Waals surface area contributed by atoms with Gasteiger partial charge in [0.15, 0.2) is 5.69 Å². The van der Waals surface area contributed by atoms with Crippen molar-refractivity contribution >= 4 is 17.6 Å². The van der Waals surface area contributed by atoms with Crippen molar-refractivity contribution in [2.75, 3.05) is 46.6 Å². The van der Waals surface area contributed by atoms with Gasteiger partial charge in [-0.3, -0.25) is 4.90 Å². The van der Waals surface area contributed by atoms with E-state index in [1.165, 1.54) is 13.4 Å². The highest BCUT2D eigenvalue weighted by Crippen LogP contribution is 2.30. The molecule has 7 nitrogen and oxygen atoms in total. The molecule has 0 spiro atoms. The molecule has 1 fully saturated rings. The molecule has 1 aliphatic rings. The van der Waals surface area contributed by atoms with Crippen LogP contribution in [0, 0.1) is 0 Å². The predicted molar refractivity (Wildman–Crippen MR) is 96.6 cm³/mol. The summed E-state index contributed by atoms with van der Waals surface area (Å²) in [5.41, 5.74) is 1.57. The maximum Gasteiger partial charge on any atom is 0.356 e. The van der Waals surface area contributed by atoms with Gasteiger partial charge in [0, 0.05) is 25.2 Å². The second-order valence-electron chi connectivity index (χ2n) is 5.73. The lowest BCUT2D eigenvalue weighted by molar-refractivity contribution is 0.0322. The first-order valence-corrected chi connectivity index (χ1v) is 8.68. The van der Waals surface area contributed by atoms with Crippen LogP contribution < -0.4 is 4.74 Å². The molecule has 26 heavy (non-hydrogen) atoms. The van der Waals surface area contributed by atoms with Crippen LogP contribution in [0.5, 0.6) is 5.75 Å². The first-order chi connectivity index (χ1) is 12.7. The van der Waals surface area contributed by atoms with Crippen LogP contribution in [0.3, 0.4) is 0 Å². The van der Waals surface area contributed by atoms with E-state index in [4.69, 9.17) is 25.8 Å². The largest absolute Gasteiger partial charge is 0.491 e. The average molecular weight is 378 g/mol. The van der Waals surface area contributed by atoms with Crippen molar-refractivity contribution in [1.82, 2.24) is 14.9 Å². The number of nitrogens with zero attached hydrogens (tertiary/aromatic N) is 3. The van der Waals surface area contributed by atoms with Gasteiger partial charge in [-0.1, -0.05) is 17.7 Å². The summed E-state index contributed by atoms with van der Waals surface area (Å²) < 4.78 is 15.9. The van der Waals surface area contributed by atoms with Crippen LogP contribution in [0.2, 0.25) is 5.02 Å². The third kappa shape index (κ3) is 4.69. The normalized spacial score (nSPS) is 14.8. The summed E-state index contributed by atoms with van der Waals surface area (Å²) in [7, 11) is 1.31. The molecule has 0 aliphatic carbocycles. The molecule has 0 radical (unpaired) electrons. The third-order valence-corrected chi connectivity index (χ3v) is 4.37. The SMILES string of the molecule is COC(=O)c1cc(-c2ccc(Cl)c(OCCN3CCOCC3)c2)ncn1. The number of methoxy groups -OCH3 is 1. The van der Waals surface area contributed by atoms with E-state index in [1.54, 1.807) is 12.1 Å². The van der Waals surface area contributed by atoms with Crippen LogP contribution in [0.15, 0.2) is 30.6 Å². The van der Waals surface area contributed by atoms with Gasteiger partial charge in [0.2, 0.25) is 0 Å². The van der Waals surface area contributed by atoms with Crippen LogP contribution in [0.1, 0.15) is 10.5 Å². The minimum absolute atomic E-state index is 0.197. The Bertz CT molecular complexity index is 766. The maximum atomic E-state index is 11.6. The van der Waals surface area contributed by atoms with Gasteiger partial charge in [-0.2, -0.15) is 0 Å². The quantitative estimate of drug-likeness (QED) is 0.715. The number of rotatable bonds is 6. The summed E-state index contributed by atoms with van der Waals surface area (Å²) in [5.74, 6) is 0.0697. The molecular weight excluding hydrogens is 358 g/mol. The van der Waals surface area contributed by atoms with Crippen molar-refractivity contribution in [3.05, 3.63) is 41.3 Å². The van der Waals surface area contributed by atoms with Gasteiger partial charge in [0.05, 0.1) is 31.0 Å². The molecule has 1 aromatic heterocycles. The molecule has 1 aliphatic heterocycles. The van der Waals surface area contributed by atoms with Gasteiger partial charge in [0.25, 0.3) is 0 Å². The lowest BCUT2D eigenvalue weighted by Crippen LogP contribution is -2.38. The molecule has 1 saturated heterocycles. The minimum atomic E-state index is -0.510. The fourth-order valence-electron chi connectivity index (χ4n) is 2.61. The number of morpholine rings is 1. The number of hydrogen-bond donors (Lipinski definition) is 0. The van der Waals surface area contributed by atoms with Crippen LogP contribution in [0.4, 0.5) is 0 Å². The van der Waals surface area contributed by atoms with E-state index in [-0.39, 0.29) is 5.69 Å². The van der Waals surface area contributed by atoms with Crippen LogP contribution in [-0.4, -0.2) is 67.4 Å². The third-order valence-electron chi connectivity index (χ3n) is 4.06. The first-order valence-electron chi connectivity index (χ1n) is 8.30. The number of ether oxygens (including phenoxy) is 3. The van der Waals surface area contributed by atoms with Gasteiger partial charge >= 0.3 is 5.97 Å². The molecule has 3 rings (SSSR count). The van der Waals surface area contributed by atoms with E-state index < -0.39 is 5.97 Å². The molecular formula is C18H20ClN3O4. The number of benzene rings is 1. The fourth-order valence-corrected chi connectivity index (χ4v) is 2.79. The van der Waals surface area contributed by atoms with E-state index in [0.717, 1.165) is 38.4 Å². The number of carbonyl (C=O) groups excluding carboxylic acids is 1. The molecule has 0 amide bonds. The Kier molecular flexibility index (Phi) is 6.38. The molecule has 0 N–H and O–H groups in total. The van der Waals surface area contributed by atoms with E-state index >= 15 is 0 Å². The maximum absolute atomic E-state index is 11.6. The predicted octanol–water partition coefficient (Wildman–Crippen LogP) is 2.29. The van der Waals surface area contributed by atoms with E-state index in [1.807, 2.05) is 12.1 Å². The Morgan fingerprint density at radius 2 is 2.08 bits per heavy atom. The molecule has 8 heteroatoms. The van der Waals surface area contributed by atoms with E-state index in [0.29, 0.717) is 23.1 Å². The second kappa shape index (κ2) is 8.93. The number of hydrogen-bond acceptors (Lipinski definition) is 7. The lowest BCUT2D eigenvalue weighted by Gasteiger charge is -2.26. The lowest BCUT2D eigenvalue weighted by atomic mass is 10.1. The van der Waals surface area contributed by atoms with Crippen molar-refractivity contribution in [3.63, 3.8) is 0 Å². The number of halogens is 1. The summed E-state index contributed by atoms with van der Waals surface area (Å²) in [6, 6.07) is 6.96. The van der Waals surface area contributed by atoms with E-state index in [2.05, 4.69) is 14.9 Å². The highest BCUT2D eigenvalue weighted by Gasteiger charge is 2.13. The zero-order chi connectivity index (χ0) is 18.4. The summed E-state index contributed by atoms with van der Waals surface area (Å²) in [6.07, 6.45) is 1.33. The van der Waals surface area contributed by atoms with Crippen molar-refractivity contribution in [2.45, 2.75) is 0 Å². The van der Waals surface area contributed by atoms with Crippen LogP contribution in [-0.2, 0) is 9.47 Å². The molecule has 0 atom stereocenters. The Morgan fingerprint density at radius 3 is 2.85 bits per heavy atom. The Balaban J connectivity index is 1.70. The summed E-state index contributed by atoms with van der Waals surface area (Å²) >= 11 is 6.24. The van der Waals surface area contributed by atoms with Gasteiger partial charge in [-0.05, 0) is 18.2 Å². The van der Waals surface area contributed by atoms with Gasteiger partial charge in [-0.15, -0.1) is 0 Å². The molecule has 0 saturated carbocycles. The van der Waals surface area contributed by atoms with Gasteiger partial charge < -0.3 is 14.2 Å². The van der Waals surface area contributed by atoms with Gasteiger partial charge in [-0.25, -0.2) is 14.8 Å². The van der Waals surface area contributed by atoms with Gasteiger partial charge in [0.1, 0.15) is 18.7 Å². The Hall–Kier alpha value is -2.22. The van der Waals surface area contributed by atoms with Crippen molar-refractivity contribution in [3.8, 4) is 17.0 Å². The van der Waals surface area contributed by atoms with E-state index in [9.17, 15) is 4.79 Å². The summed E-state index contributed by atoms with van der Waals surface area (Å²) in [5, 5.41) is 0.526. The molecule has 1 aromatic carbocycles. The van der Waals surface area contributed by atoms with Crippen molar-refractivity contribution in [2.24, 2.45) is 0 Å². The molecule has 138 valence electrons. The Labute approximate surface area is 156 Å². The van der Waals surface area contributed by atoms with Crippen LogP contribution >= 0.6 is 11.6 Å². The smallest absolute Gasteiger partial charge is 0.356 e. The Morgan fingerprint density at radius 1 is 1.27 bits per heavy atom. The fraction of sp³-hybridized carbons (Fsp3) is 0.389. The summed E-state index contributed by atoms with van der Waals surface area (Å²) in [6.45, 7) is 4.67. The van der Waals surface area contributed by atoms with Crippen molar-refractivity contribution < 1.29 is 19.0 Å². The monoisotopic (exact) mass is 377 g/mol. The highest BCUT2D eigenvalue weighted by molar-refractivity contribution is 6.32. The molecule has 2 heterocycles. The standard InChI is InChI=1S/C18H20ClN3O4/c1-24-18(23)16-11-15(20-12-21-16)13-2-3-14(19)17(10-13)26-9-6-22-4-7-25-8-5-22/h2-3,10-12H,4-9H2,1H3. The topological polar surface area (TPSA) is 73.8 Å². The summed E-state index contributed by atoms with van der Waals surface area (Å²) in [4.78, 5) is 22.1. The average Bonchev–Trinajstić information content (AvgIpc) is 2.69. The first kappa shape index (κ1) is 18.6.